The number of unbranched alkanes of at least 4 members (excludes halogenated alkanes) is 21. The van der Waals surface area contributed by atoms with Crippen molar-refractivity contribution >= 4 is 19.8 Å². The smallest absolute Gasteiger partial charge is 0.462 e. The first-order valence-corrected chi connectivity index (χ1v) is 44.1. The third kappa shape index (κ3) is 31.3. The van der Waals surface area contributed by atoms with Crippen LogP contribution in [-0.2, 0) is 89.5 Å². The highest BCUT2D eigenvalue weighted by Crippen LogP contribution is 2.49. The van der Waals surface area contributed by atoms with E-state index in [-0.39, 0.29) is 12.8 Å². The first-order valence-electron chi connectivity index (χ1n) is 42.6. The van der Waals surface area contributed by atoms with E-state index in [0.717, 1.165) is 77.0 Å². The first kappa shape index (κ1) is 105. The fourth-order valence-electron chi connectivity index (χ4n) is 15.1. The summed E-state index contributed by atoms with van der Waals surface area (Å²) in [6, 6.07) is 0. The van der Waals surface area contributed by atoms with Crippen molar-refractivity contribution in [3.8, 4) is 0 Å². The lowest BCUT2D eigenvalue weighted by Crippen LogP contribution is -2.69. The van der Waals surface area contributed by atoms with Gasteiger partial charge in [-0.25, -0.2) is 4.57 Å². The van der Waals surface area contributed by atoms with E-state index in [2.05, 4.69) is 26.0 Å². The van der Waals surface area contributed by atoms with Crippen molar-refractivity contribution in [2.75, 3.05) is 52.9 Å². The van der Waals surface area contributed by atoms with Gasteiger partial charge in [-0.2, -0.15) is 0 Å². The van der Waals surface area contributed by atoms with Gasteiger partial charge < -0.3 is 189 Å². The Labute approximate surface area is 701 Å². The molecule has 0 aromatic heterocycles. The third-order valence-electron chi connectivity index (χ3n) is 22.7. The number of esters is 2. The molecule has 708 valence electrons. The molecule has 6 aliphatic heterocycles. The number of allylic oxidation sites excluding steroid dienone is 2. The molecular formula is C77H137O43P. The van der Waals surface area contributed by atoms with Gasteiger partial charge in [-0.1, -0.05) is 142 Å². The lowest BCUT2D eigenvalue weighted by Gasteiger charge is -2.49. The summed E-state index contributed by atoms with van der Waals surface area (Å²) in [7, 11) is -5.88. The quantitative estimate of drug-likeness (QED) is 0.0117. The van der Waals surface area contributed by atoms with Crippen LogP contribution < -0.4 is 0 Å². The maximum atomic E-state index is 14.5. The van der Waals surface area contributed by atoms with Crippen LogP contribution in [0, 0.1) is 0 Å². The van der Waals surface area contributed by atoms with Crippen molar-refractivity contribution in [3.63, 3.8) is 0 Å². The molecule has 7 aliphatic rings. The van der Waals surface area contributed by atoms with E-state index in [1.54, 1.807) is 0 Å². The summed E-state index contributed by atoms with van der Waals surface area (Å²) in [5, 5.41) is 250. The van der Waals surface area contributed by atoms with Crippen molar-refractivity contribution in [3.05, 3.63) is 12.2 Å². The van der Waals surface area contributed by atoms with E-state index in [4.69, 9.17) is 75.4 Å². The Hall–Kier alpha value is -2.61. The molecule has 1 saturated carbocycles. The number of phosphoric acid groups is 1. The number of carbonyl (C=O) groups excluding carboxylic acids is 2. The zero-order valence-corrected chi connectivity index (χ0v) is 69.4. The van der Waals surface area contributed by atoms with Crippen LogP contribution >= 0.6 is 7.82 Å². The van der Waals surface area contributed by atoms with Gasteiger partial charge in [0.15, 0.2) is 43.8 Å². The zero-order chi connectivity index (χ0) is 88.8. The van der Waals surface area contributed by atoms with Gasteiger partial charge in [-0.05, 0) is 38.5 Å². The van der Waals surface area contributed by atoms with E-state index in [1.807, 2.05) is 0 Å². The number of aliphatic hydroxyl groups excluding tert-OH is 23. The fourth-order valence-corrected chi connectivity index (χ4v) is 16.0. The summed E-state index contributed by atoms with van der Waals surface area (Å²) in [5.74, 6) is -1.51. The van der Waals surface area contributed by atoms with E-state index < -0.39 is 300 Å². The molecule has 0 aromatic rings. The molecule has 0 radical (unpaired) electrons. The highest BCUT2D eigenvalue weighted by atomic mass is 31.2. The van der Waals surface area contributed by atoms with Crippen LogP contribution in [0.4, 0.5) is 0 Å². The Morgan fingerprint density at radius 1 is 0.322 bits per heavy atom. The molecule has 6 saturated heterocycles. The highest BCUT2D eigenvalue weighted by Gasteiger charge is 2.60. The fraction of sp³-hybridized carbons (Fsp3) is 0.948. The Morgan fingerprint density at radius 2 is 0.595 bits per heavy atom. The van der Waals surface area contributed by atoms with Crippen LogP contribution in [-0.4, -0.2) is 414 Å². The highest BCUT2D eigenvalue weighted by molar-refractivity contribution is 7.47. The molecule has 1 aliphatic carbocycles. The second-order valence-corrected chi connectivity index (χ2v) is 33.6. The molecule has 7 fully saturated rings. The molecule has 38 atom stereocenters. The summed E-state index contributed by atoms with van der Waals surface area (Å²) < 4.78 is 104. The average Bonchev–Trinajstić information content (AvgIpc) is 0.755. The standard InChI is InChI=1S/C77H137O43P/c1-3-5-7-9-11-13-15-17-19-21-23-25-27-29-46(80)105-33-39(111-47(81)30-28-26-24-22-20-18-16-14-12-10-8-6-4-2)34-110-121(103,104)120-71-69(118-76-67(101)55(89)49(83)41(32-79)113-76)61(95)60(94)62(96)70(71)119-77-68(102)59(93)53(87)45(117-77)38-109-75-66(100)58(92)52(86)44(116-75)37-108-74-65(99)57(91)51(85)43(115-74)36-107-73-64(98)56(90)50(84)42(114-73)35-106-72-63(97)54(88)48(82)40(31-78)112-72/h14,16,39-45,48-79,82-102H,3-13,15,17-38H2,1-2H3,(H,103,104)/b16-14-/t39-,40?,41?,42?,43?,44?,45?,48+,49-,50+,51+,52+,53+,54?,55?,56?,57?,58?,59?,60+,61?,62?,63+,64+,65+,66+,67-,68+,69-,70?,71+,72-,73-,74-,75-,76-,77+/m1/s1. The average molecular weight is 1780 g/mol. The van der Waals surface area contributed by atoms with Crippen LogP contribution in [0.3, 0.4) is 0 Å². The maximum Gasteiger partial charge on any atom is 0.472 e. The number of hydrogen-bond acceptors (Lipinski definition) is 42. The van der Waals surface area contributed by atoms with E-state index >= 15 is 0 Å². The molecule has 0 aromatic carbocycles. The molecule has 6 heterocycles. The normalized spacial score (nSPS) is 40.1. The van der Waals surface area contributed by atoms with Crippen LogP contribution in [0.25, 0.3) is 0 Å². The maximum absolute atomic E-state index is 14.5. The van der Waals surface area contributed by atoms with Crippen LogP contribution in [0.15, 0.2) is 12.2 Å². The first-order chi connectivity index (χ1) is 57.7. The van der Waals surface area contributed by atoms with E-state index in [9.17, 15) is 136 Å². The molecule has 0 spiro atoms. The predicted molar refractivity (Wildman–Crippen MR) is 408 cm³/mol. The molecule has 16 unspecified atom stereocenters. The minimum Gasteiger partial charge on any atom is -0.462 e. The molecule has 24 N–H and O–H groups in total. The molecule has 44 heteroatoms. The Kier molecular flexibility index (Phi) is 46.6. The second kappa shape index (κ2) is 53.5. The number of hydrogen-bond donors (Lipinski definition) is 24. The predicted octanol–water partition coefficient (Wildman–Crippen LogP) is -5.55. The molecule has 43 nitrogen and oxygen atoms in total. The summed E-state index contributed by atoms with van der Waals surface area (Å²) in [4.78, 5) is 38.4. The van der Waals surface area contributed by atoms with Crippen LogP contribution in [0.5, 0.6) is 0 Å². The third-order valence-corrected chi connectivity index (χ3v) is 23.7. The Bertz CT molecular complexity index is 2940. The SMILES string of the molecule is CCCCCC/C=C\CCCCCCCC(=O)O[C@H](COC(=O)CCCCCCCCCCCCCCC)COP(=O)(O)O[C@@H]1C(O[C@@H]2OC(CO[C@@H]3OC(CO[C@@H]4OC(CO[C@@H]5OC(CO[C@@H]6OC(CO)[C@H](O)C(O)[C@@H]6O)[C@H](O)C(O)[C@@H]5O)[C@H](O)C(O)[C@@H]4O)[C@H](O)C(O)[C@@H]3O)[C@H](O)C(O)[C@@H]2O)C(O)[C@@H](O)C(O)[C@H]1O[C@H]1OC(CO)[C@@H](O)C(O)[C@H]1O. The van der Waals surface area contributed by atoms with Gasteiger partial charge in [0.25, 0.3) is 0 Å². The minimum atomic E-state index is -5.88. The minimum absolute atomic E-state index is 0.0316. The van der Waals surface area contributed by atoms with Gasteiger partial charge in [-0.15, -0.1) is 0 Å². The molecule has 0 bridgehead atoms. The number of aliphatic hydroxyl groups is 23. The van der Waals surface area contributed by atoms with Crippen molar-refractivity contribution in [1.29, 1.82) is 0 Å². The molecule has 121 heavy (non-hydrogen) atoms. The number of rotatable bonds is 53. The lowest BCUT2D eigenvalue weighted by atomic mass is 9.84. The van der Waals surface area contributed by atoms with Crippen molar-refractivity contribution in [2.45, 2.75) is 408 Å². The van der Waals surface area contributed by atoms with Crippen molar-refractivity contribution in [1.82, 2.24) is 0 Å². The second-order valence-electron chi connectivity index (χ2n) is 32.2. The van der Waals surface area contributed by atoms with Crippen LogP contribution in [0.1, 0.15) is 181 Å². The Balaban J connectivity index is 1.01. The number of ether oxygens (including phenoxy) is 14. The van der Waals surface area contributed by atoms with Gasteiger partial charge in [0.2, 0.25) is 0 Å². The number of carbonyl (C=O) groups is 2. The van der Waals surface area contributed by atoms with Gasteiger partial charge in [0.1, 0.15) is 190 Å². The molecular weight excluding hydrogens is 1640 g/mol. The summed E-state index contributed by atoms with van der Waals surface area (Å²) in [5.41, 5.74) is 0. The van der Waals surface area contributed by atoms with Gasteiger partial charge >= 0.3 is 19.8 Å². The Morgan fingerprint density at radius 3 is 0.942 bits per heavy atom. The van der Waals surface area contributed by atoms with Crippen molar-refractivity contribution < 1.29 is 212 Å². The zero-order valence-electron chi connectivity index (χ0n) is 68.5. The van der Waals surface area contributed by atoms with Crippen molar-refractivity contribution in [2.24, 2.45) is 0 Å². The lowest BCUT2D eigenvalue weighted by molar-refractivity contribution is -0.365. The number of phosphoric ester groups is 1. The summed E-state index contributed by atoms with van der Waals surface area (Å²) >= 11 is 0. The van der Waals surface area contributed by atoms with Gasteiger partial charge in [0.05, 0.1) is 46.2 Å². The van der Waals surface area contributed by atoms with Gasteiger partial charge in [0, 0.05) is 12.8 Å². The molecule has 0 amide bonds. The van der Waals surface area contributed by atoms with E-state index in [1.165, 1.54) is 51.4 Å². The largest absolute Gasteiger partial charge is 0.472 e. The topological polar surface area (TPSA) is 684 Å². The van der Waals surface area contributed by atoms with E-state index in [0.29, 0.717) is 25.7 Å². The van der Waals surface area contributed by atoms with Crippen LogP contribution in [0.2, 0.25) is 0 Å². The summed E-state index contributed by atoms with van der Waals surface area (Å²) in [6.07, 6.45) is -49.0. The summed E-state index contributed by atoms with van der Waals surface area (Å²) in [6.45, 7) is -2.95. The molecule has 7 rings (SSSR count). The van der Waals surface area contributed by atoms with Gasteiger partial charge in [-0.3, -0.25) is 18.6 Å². The monoisotopic (exact) mass is 1780 g/mol.